The van der Waals surface area contributed by atoms with Gasteiger partial charge in [-0.15, -0.1) is 0 Å². The first-order chi connectivity index (χ1) is 7.00. The maximum atomic E-state index is 11.5. The Bertz CT molecular complexity index is 404. The summed E-state index contributed by atoms with van der Waals surface area (Å²) in [5.74, 6) is -0.914. The van der Waals surface area contributed by atoms with Gasteiger partial charge >= 0.3 is 0 Å². The molecule has 0 unspecified atom stereocenters. The fourth-order valence-corrected chi connectivity index (χ4v) is 1.17. The Morgan fingerprint density at radius 2 is 2.13 bits per heavy atom. The van der Waals surface area contributed by atoms with Crippen molar-refractivity contribution >= 4 is 23.4 Å². The molecule has 4 nitrogen and oxygen atoms in total. The number of hydrogen-bond donors (Lipinski definition) is 2. The lowest BCUT2D eigenvalue weighted by atomic mass is 10.1. The maximum Gasteiger partial charge on any atom is 0.251 e. The van der Waals surface area contributed by atoms with E-state index in [4.69, 9.17) is 17.3 Å². The van der Waals surface area contributed by atoms with E-state index in [2.05, 4.69) is 5.32 Å². The smallest absolute Gasteiger partial charge is 0.251 e. The molecule has 1 aromatic carbocycles. The monoisotopic (exact) mass is 226 g/mol. The molecule has 0 aliphatic rings. The van der Waals surface area contributed by atoms with Gasteiger partial charge in [0.2, 0.25) is 5.91 Å². The van der Waals surface area contributed by atoms with E-state index in [0.29, 0.717) is 10.6 Å². The number of hydrogen-bond acceptors (Lipinski definition) is 2. The van der Waals surface area contributed by atoms with Gasteiger partial charge in [0.05, 0.1) is 6.54 Å². The third-order valence-electron chi connectivity index (χ3n) is 1.84. The molecule has 1 rings (SSSR count). The average Bonchev–Trinajstić information content (AvgIpc) is 2.18. The summed E-state index contributed by atoms with van der Waals surface area (Å²) in [7, 11) is 0. The van der Waals surface area contributed by atoms with Crippen LogP contribution in [0.5, 0.6) is 0 Å². The summed E-state index contributed by atoms with van der Waals surface area (Å²) >= 11 is 5.81. The van der Waals surface area contributed by atoms with Crippen LogP contribution in [-0.4, -0.2) is 18.4 Å². The second kappa shape index (κ2) is 4.79. The molecule has 15 heavy (non-hydrogen) atoms. The molecular formula is C10H11ClN2O2. The highest BCUT2D eigenvalue weighted by molar-refractivity contribution is 6.31. The van der Waals surface area contributed by atoms with Crippen molar-refractivity contribution in [1.29, 1.82) is 0 Å². The molecule has 0 saturated carbocycles. The third-order valence-corrected chi connectivity index (χ3v) is 2.27. The van der Waals surface area contributed by atoms with Crippen LogP contribution in [0.15, 0.2) is 18.2 Å². The molecule has 0 aliphatic heterocycles. The minimum absolute atomic E-state index is 0.166. The van der Waals surface area contributed by atoms with Crippen LogP contribution in [0.25, 0.3) is 0 Å². The summed E-state index contributed by atoms with van der Waals surface area (Å²) in [6.45, 7) is 1.63. The first-order valence-corrected chi connectivity index (χ1v) is 4.71. The zero-order valence-corrected chi connectivity index (χ0v) is 8.97. The molecule has 0 atom stereocenters. The lowest BCUT2D eigenvalue weighted by Crippen LogP contribution is -2.33. The van der Waals surface area contributed by atoms with Crippen LogP contribution >= 0.6 is 11.6 Å². The van der Waals surface area contributed by atoms with Crippen LogP contribution in [0.1, 0.15) is 15.9 Å². The number of nitrogens with two attached hydrogens (primary N) is 1. The van der Waals surface area contributed by atoms with Gasteiger partial charge in [-0.05, 0) is 30.7 Å². The molecule has 0 spiro atoms. The van der Waals surface area contributed by atoms with Crippen LogP contribution in [-0.2, 0) is 4.79 Å². The van der Waals surface area contributed by atoms with Crippen LogP contribution in [0.4, 0.5) is 0 Å². The van der Waals surface area contributed by atoms with Gasteiger partial charge in [0.25, 0.3) is 5.91 Å². The quantitative estimate of drug-likeness (QED) is 0.803. The normalized spacial score (nSPS) is 9.73. The molecule has 0 bridgehead atoms. The number of rotatable bonds is 3. The van der Waals surface area contributed by atoms with Crippen LogP contribution in [0, 0.1) is 6.92 Å². The first-order valence-electron chi connectivity index (χ1n) is 4.33. The van der Waals surface area contributed by atoms with Crippen molar-refractivity contribution < 1.29 is 9.59 Å². The number of amides is 2. The average molecular weight is 227 g/mol. The van der Waals surface area contributed by atoms with Crippen molar-refractivity contribution in [2.75, 3.05) is 6.54 Å². The van der Waals surface area contributed by atoms with Crippen molar-refractivity contribution in [1.82, 2.24) is 5.32 Å². The summed E-state index contributed by atoms with van der Waals surface area (Å²) < 4.78 is 0. The van der Waals surface area contributed by atoms with Crippen LogP contribution in [0.3, 0.4) is 0 Å². The minimum atomic E-state index is -0.575. The van der Waals surface area contributed by atoms with E-state index in [1.54, 1.807) is 25.1 Å². The lowest BCUT2D eigenvalue weighted by Gasteiger charge is -2.04. The summed E-state index contributed by atoms with van der Waals surface area (Å²) in [5.41, 5.74) is 6.16. The number of nitrogens with one attached hydrogen (secondary N) is 1. The summed E-state index contributed by atoms with van der Waals surface area (Å²) in [5, 5.41) is 2.99. The Kier molecular flexibility index (Phi) is 3.68. The fraction of sp³-hybridized carbons (Fsp3) is 0.200. The third kappa shape index (κ3) is 3.25. The molecule has 0 fully saturated rings. The van der Waals surface area contributed by atoms with Gasteiger partial charge in [-0.1, -0.05) is 11.6 Å². The van der Waals surface area contributed by atoms with Crippen molar-refractivity contribution in [2.24, 2.45) is 5.73 Å². The summed E-state index contributed by atoms with van der Waals surface area (Å²) in [6, 6.07) is 4.88. The van der Waals surface area contributed by atoms with Gasteiger partial charge < -0.3 is 11.1 Å². The van der Waals surface area contributed by atoms with E-state index in [1.807, 2.05) is 0 Å². The van der Waals surface area contributed by atoms with E-state index in [0.717, 1.165) is 5.56 Å². The summed E-state index contributed by atoms with van der Waals surface area (Å²) in [6.07, 6.45) is 0. The molecule has 0 saturated heterocycles. The number of aryl methyl sites for hydroxylation is 1. The van der Waals surface area contributed by atoms with E-state index in [9.17, 15) is 9.59 Å². The van der Waals surface area contributed by atoms with E-state index >= 15 is 0 Å². The van der Waals surface area contributed by atoms with Crippen LogP contribution in [0.2, 0.25) is 5.02 Å². The fourth-order valence-electron chi connectivity index (χ4n) is 1.06. The van der Waals surface area contributed by atoms with E-state index in [-0.39, 0.29) is 12.5 Å². The molecule has 5 heteroatoms. The molecule has 0 radical (unpaired) electrons. The SMILES string of the molecule is Cc1cc(C(=O)NCC(N)=O)ccc1Cl. The number of benzene rings is 1. The van der Waals surface area contributed by atoms with Gasteiger partial charge in [0, 0.05) is 10.6 Å². The molecule has 0 aliphatic carbocycles. The van der Waals surface area contributed by atoms with Gasteiger partial charge in [-0.25, -0.2) is 0 Å². The Morgan fingerprint density at radius 1 is 1.47 bits per heavy atom. The van der Waals surface area contributed by atoms with Crippen molar-refractivity contribution in [3.8, 4) is 0 Å². The zero-order valence-electron chi connectivity index (χ0n) is 8.21. The second-order valence-electron chi connectivity index (χ2n) is 3.11. The molecular weight excluding hydrogens is 216 g/mol. The predicted molar refractivity (Wildman–Crippen MR) is 57.7 cm³/mol. The number of carbonyl (C=O) groups excluding carboxylic acids is 2. The Hall–Kier alpha value is -1.55. The van der Waals surface area contributed by atoms with Gasteiger partial charge in [-0.3, -0.25) is 9.59 Å². The van der Waals surface area contributed by atoms with Crippen molar-refractivity contribution in [3.05, 3.63) is 34.3 Å². The van der Waals surface area contributed by atoms with E-state index < -0.39 is 5.91 Å². The topological polar surface area (TPSA) is 72.2 Å². The van der Waals surface area contributed by atoms with Crippen molar-refractivity contribution in [2.45, 2.75) is 6.92 Å². The number of halogens is 1. The Balaban J connectivity index is 2.74. The lowest BCUT2D eigenvalue weighted by molar-refractivity contribution is -0.117. The Labute approximate surface area is 92.4 Å². The van der Waals surface area contributed by atoms with E-state index in [1.165, 1.54) is 0 Å². The van der Waals surface area contributed by atoms with Gasteiger partial charge in [0.1, 0.15) is 0 Å². The zero-order chi connectivity index (χ0) is 11.4. The standard InChI is InChI=1S/C10H11ClN2O2/c1-6-4-7(2-3-8(6)11)10(15)13-5-9(12)14/h2-4H,5H2,1H3,(H2,12,14)(H,13,15). The molecule has 2 amide bonds. The van der Waals surface area contributed by atoms with Crippen LogP contribution < -0.4 is 11.1 Å². The molecule has 0 heterocycles. The molecule has 0 aromatic heterocycles. The minimum Gasteiger partial charge on any atom is -0.368 e. The number of primary amides is 1. The second-order valence-corrected chi connectivity index (χ2v) is 3.52. The predicted octanol–water partition coefficient (Wildman–Crippen LogP) is 0.864. The maximum absolute atomic E-state index is 11.5. The highest BCUT2D eigenvalue weighted by Crippen LogP contribution is 2.15. The Morgan fingerprint density at radius 3 is 2.67 bits per heavy atom. The molecule has 3 N–H and O–H groups in total. The highest BCUT2D eigenvalue weighted by atomic mass is 35.5. The first kappa shape index (κ1) is 11.5. The highest BCUT2D eigenvalue weighted by Gasteiger charge is 2.07. The molecule has 80 valence electrons. The molecule has 1 aromatic rings. The van der Waals surface area contributed by atoms with Crippen molar-refractivity contribution in [3.63, 3.8) is 0 Å². The number of carbonyl (C=O) groups is 2. The van der Waals surface area contributed by atoms with Gasteiger partial charge in [0.15, 0.2) is 0 Å². The largest absolute Gasteiger partial charge is 0.368 e. The van der Waals surface area contributed by atoms with Gasteiger partial charge in [-0.2, -0.15) is 0 Å². The summed E-state index contributed by atoms with van der Waals surface area (Å²) in [4.78, 5) is 21.9.